The molecule has 2 aliphatic carbocycles. The first kappa shape index (κ1) is 26.0. The van der Waals surface area contributed by atoms with Crippen LogP contribution in [0.2, 0.25) is 0 Å². The van der Waals surface area contributed by atoms with Gasteiger partial charge < -0.3 is 20.9 Å². The van der Waals surface area contributed by atoms with E-state index in [9.17, 15) is 0 Å². The van der Waals surface area contributed by atoms with Crippen molar-refractivity contribution in [1.29, 1.82) is 0 Å². The molecule has 34 heavy (non-hydrogen) atoms. The monoisotopic (exact) mass is 468 g/mol. The minimum Gasteiger partial charge on any atom is -0.374 e. The van der Waals surface area contributed by atoms with Crippen LogP contribution in [-0.2, 0) is 12.8 Å². The Balaban J connectivity index is 0.000000131. The highest BCUT2D eigenvalue weighted by Crippen LogP contribution is 2.24. The highest BCUT2D eigenvalue weighted by molar-refractivity contribution is 5.82. The van der Waals surface area contributed by atoms with Gasteiger partial charge in [-0.15, -0.1) is 0 Å². The van der Waals surface area contributed by atoms with Crippen LogP contribution >= 0.6 is 0 Å². The minimum absolute atomic E-state index is 0.953. The predicted molar refractivity (Wildman–Crippen MR) is 143 cm³/mol. The van der Waals surface area contributed by atoms with Gasteiger partial charge in [-0.2, -0.15) is 0 Å². The molecule has 0 radical (unpaired) electrons. The molecule has 5 aliphatic rings. The number of imidazole rings is 1. The Bertz CT molecular complexity index is 882. The van der Waals surface area contributed by atoms with Gasteiger partial charge in [0.15, 0.2) is 0 Å². The van der Waals surface area contributed by atoms with E-state index in [1.54, 1.807) is 5.57 Å². The number of hydrogen-bond donors (Lipinski definition) is 4. The number of nitrogens with zero attached hydrogens (tertiary/aromatic N) is 4. The second-order valence-corrected chi connectivity index (χ2v) is 9.41. The van der Waals surface area contributed by atoms with Crippen LogP contribution in [0, 0.1) is 6.92 Å². The summed E-state index contributed by atoms with van der Waals surface area (Å²) < 4.78 is 0. The third kappa shape index (κ3) is 8.95. The topological polar surface area (TPSA) is 102 Å². The highest BCUT2D eigenvalue weighted by Gasteiger charge is 2.15. The molecule has 4 N–H and O–H groups in total. The maximum atomic E-state index is 4.40. The second-order valence-electron chi connectivity index (χ2n) is 9.41. The summed E-state index contributed by atoms with van der Waals surface area (Å²) >= 11 is 0. The van der Waals surface area contributed by atoms with Crippen LogP contribution in [0.3, 0.4) is 0 Å². The number of fused-ring (bicyclic) bond motifs is 1. The van der Waals surface area contributed by atoms with Gasteiger partial charge in [-0.1, -0.05) is 0 Å². The Kier molecular flexibility index (Phi) is 10.6. The van der Waals surface area contributed by atoms with Gasteiger partial charge >= 0.3 is 0 Å². The quantitative estimate of drug-likeness (QED) is 0.465. The van der Waals surface area contributed by atoms with Crippen molar-refractivity contribution in [2.24, 2.45) is 15.0 Å². The molecule has 0 unspecified atom stereocenters. The average Bonchev–Trinajstić information content (AvgIpc) is 3.48. The number of H-pyrrole nitrogens is 1. The molecule has 0 saturated carbocycles. The zero-order valence-corrected chi connectivity index (χ0v) is 21.7. The summed E-state index contributed by atoms with van der Waals surface area (Å²) in [5, 5.41) is 9.55. The van der Waals surface area contributed by atoms with Crippen LogP contribution in [0.25, 0.3) is 0 Å². The van der Waals surface area contributed by atoms with E-state index in [2.05, 4.69) is 40.9 Å². The summed E-state index contributed by atoms with van der Waals surface area (Å²) in [6.07, 6.45) is 11.4. The van der Waals surface area contributed by atoms with Crippen molar-refractivity contribution in [2.75, 3.05) is 32.7 Å². The van der Waals surface area contributed by atoms with Gasteiger partial charge in [-0.25, -0.2) is 4.98 Å². The lowest BCUT2D eigenvalue weighted by Crippen LogP contribution is -2.27. The first-order chi connectivity index (χ1) is 16.5. The molecule has 188 valence electrons. The van der Waals surface area contributed by atoms with Crippen LogP contribution in [0.5, 0.6) is 0 Å². The fourth-order valence-electron chi connectivity index (χ4n) is 4.53. The van der Waals surface area contributed by atoms with Crippen LogP contribution in [-0.4, -0.2) is 60.2 Å². The normalized spacial score (nSPS) is 20.4. The summed E-state index contributed by atoms with van der Waals surface area (Å²) in [5.41, 5.74) is 5.69. The highest BCUT2D eigenvalue weighted by atomic mass is 15.1. The van der Waals surface area contributed by atoms with Gasteiger partial charge in [-0.3, -0.25) is 15.0 Å². The van der Waals surface area contributed by atoms with Crippen LogP contribution in [0.1, 0.15) is 82.9 Å². The number of nitrogens with one attached hydrogen (secondary N) is 4. The lowest BCUT2D eigenvalue weighted by atomic mass is 9.95. The van der Waals surface area contributed by atoms with Gasteiger partial charge in [0, 0.05) is 31.0 Å². The molecule has 0 saturated heterocycles. The molecule has 6 rings (SSSR count). The number of aryl methyl sites for hydroxylation is 3. The fraction of sp³-hybridized carbons (Fsp3) is 0.692. The number of hydrogen-bond acceptors (Lipinski definition) is 7. The van der Waals surface area contributed by atoms with Crippen molar-refractivity contribution in [3.05, 3.63) is 28.5 Å². The minimum atomic E-state index is 0.953. The standard InChI is InChI=1S/C9H14N2.C8H12N2.C5H10N2.C4H8N2/c1-7-10-6-8-4-2-3-5-9(8)11-7;1-6-9-7-4-2-3-5-8(7)10-6;1-5-6-3-2-4-7-5;1-4-5-2-3-6-4/h2-6H2,1H3,(H,10,11);2-5H2,1H3,(H,9,10);2-4H2,1H3,(H,6,7);2-3H2,1H3,(H,5,6). The first-order valence-corrected chi connectivity index (χ1v) is 13.0. The number of rotatable bonds is 0. The molecule has 1 aromatic heterocycles. The molecule has 0 aromatic carbocycles. The van der Waals surface area contributed by atoms with Gasteiger partial charge in [0.05, 0.1) is 36.3 Å². The van der Waals surface area contributed by atoms with Crippen molar-refractivity contribution >= 4 is 17.5 Å². The van der Waals surface area contributed by atoms with Crippen molar-refractivity contribution < 1.29 is 0 Å². The number of aromatic amines is 1. The van der Waals surface area contributed by atoms with E-state index in [0.29, 0.717) is 0 Å². The van der Waals surface area contributed by atoms with Crippen molar-refractivity contribution in [3.8, 4) is 0 Å². The molecule has 0 spiro atoms. The molecular weight excluding hydrogens is 424 g/mol. The van der Waals surface area contributed by atoms with Gasteiger partial charge in [0.2, 0.25) is 0 Å². The summed E-state index contributed by atoms with van der Waals surface area (Å²) in [4.78, 5) is 20.2. The summed E-state index contributed by atoms with van der Waals surface area (Å²) in [5.74, 6) is 4.33. The molecule has 4 heterocycles. The first-order valence-electron chi connectivity index (χ1n) is 13.0. The largest absolute Gasteiger partial charge is 0.374 e. The number of aliphatic imine (C=N–C) groups is 3. The number of allylic oxidation sites excluding steroid dienone is 1. The molecule has 0 bridgehead atoms. The fourth-order valence-corrected chi connectivity index (χ4v) is 4.53. The smallest absolute Gasteiger partial charge is 0.103 e. The Hall–Kier alpha value is -2.64. The summed E-state index contributed by atoms with van der Waals surface area (Å²) in [6, 6.07) is 0. The SMILES string of the molecule is CC1=NCC2=C(CCCC2)N1.CC1=NCCCN1.CC1=NCCN1.Cc1nc2c([nH]1)CCCC2. The Morgan fingerprint density at radius 3 is 1.97 bits per heavy atom. The zero-order chi connectivity index (χ0) is 24.2. The van der Waals surface area contributed by atoms with E-state index in [0.717, 1.165) is 56.1 Å². The third-order valence-electron chi connectivity index (χ3n) is 6.40. The van der Waals surface area contributed by atoms with E-state index in [1.165, 1.54) is 74.9 Å². The maximum absolute atomic E-state index is 4.40. The number of amidine groups is 3. The van der Waals surface area contributed by atoms with Crippen LogP contribution < -0.4 is 16.0 Å². The average molecular weight is 469 g/mol. The second kappa shape index (κ2) is 13.9. The van der Waals surface area contributed by atoms with E-state index in [1.807, 2.05) is 27.7 Å². The van der Waals surface area contributed by atoms with Crippen molar-refractivity contribution in [2.45, 2.75) is 85.5 Å². The summed E-state index contributed by atoms with van der Waals surface area (Å²) in [7, 11) is 0. The maximum Gasteiger partial charge on any atom is 0.103 e. The lowest BCUT2D eigenvalue weighted by Gasteiger charge is -2.24. The molecule has 0 atom stereocenters. The molecule has 8 heteroatoms. The predicted octanol–water partition coefficient (Wildman–Crippen LogP) is 3.84. The molecule has 3 aliphatic heterocycles. The third-order valence-corrected chi connectivity index (χ3v) is 6.40. The van der Waals surface area contributed by atoms with Crippen molar-refractivity contribution in [3.63, 3.8) is 0 Å². The van der Waals surface area contributed by atoms with E-state index >= 15 is 0 Å². The molecular formula is C26H44N8. The Labute approximate surface area is 205 Å². The zero-order valence-electron chi connectivity index (χ0n) is 21.7. The molecule has 1 aromatic rings. The van der Waals surface area contributed by atoms with Crippen LogP contribution in [0.4, 0.5) is 0 Å². The Morgan fingerprint density at radius 2 is 1.35 bits per heavy atom. The number of aromatic nitrogens is 2. The van der Waals surface area contributed by atoms with Crippen molar-refractivity contribution in [1.82, 2.24) is 25.9 Å². The molecule has 8 nitrogen and oxygen atoms in total. The van der Waals surface area contributed by atoms with Gasteiger partial charge in [0.1, 0.15) is 5.82 Å². The van der Waals surface area contributed by atoms with Crippen LogP contribution in [0.15, 0.2) is 26.2 Å². The molecule has 0 amide bonds. The van der Waals surface area contributed by atoms with E-state index < -0.39 is 0 Å². The molecule has 0 fully saturated rings. The van der Waals surface area contributed by atoms with Gasteiger partial charge in [0.25, 0.3) is 0 Å². The van der Waals surface area contributed by atoms with E-state index in [-0.39, 0.29) is 0 Å². The van der Waals surface area contributed by atoms with E-state index in [4.69, 9.17) is 0 Å². The lowest BCUT2D eigenvalue weighted by molar-refractivity contribution is 0.633. The Morgan fingerprint density at radius 1 is 0.647 bits per heavy atom. The van der Waals surface area contributed by atoms with Gasteiger partial charge in [-0.05, 0) is 91.1 Å². The summed E-state index contributed by atoms with van der Waals surface area (Å²) in [6.45, 7) is 13.1.